The number of carbonyl (C=O) groups is 1. The molecule has 1 heterocycles. The summed E-state index contributed by atoms with van der Waals surface area (Å²) in [5, 5.41) is 13.2. The van der Waals surface area contributed by atoms with Gasteiger partial charge in [0.2, 0.25) is 5.91 Å². The lowest BCUT2D eigenvalue weighted by Crippen LogP contribution is -2.26. The summed E-state index contributed by atoms with van der Waals surface area (Å²) >= 11 is 1.53. The molecule has 0 spiro atoms. The van der Waals surface area contributed by atoms with Crippen molar-refractivity contribution >= 4 is 17.2 Å². The van der Waals surface area contributed by atoms with Crippen LogP contribution in [0.2, 0.25) is 0 Å². The molecule has 0 saturated heterocycles. The van der Waals surface area contributed by atoms with Crippen LogP contribution in [0, 0.1) is 6.92 Å². The van der Waals surface area contributed by atoms with Crippen molar-refractivity contribution in [2.45, 2.75) is 39.2 Å². The van der Waals surface area contributed by atoms with E-state index in [4.69, 9.17) is 5.73 Å². The van der Waals surface area contributed by atoms with E-state index in [1.54, 1.807) is 0 Å². The van der Waals surface area contributed by atoms with Gasteiger partial charge in [-0.05, 0) is 38.8 Å². The van der Waals surface area contributed by atoms with Crippen LogP contribution in [0.25, 0.3) is 10.6 Å². The van der Waals surface area contributed by atoms with Crippen LogP contribution in [0.3, 0.4) is 0 Å². The van der Waals surface area contributed by atoms with E-state index >= 15 is 0 Å². The maximum absolute atomic E-state index is 11.4. The minimum atomic E-state index is -0.0832. The van der Waals surface area contributed by atoms with Gasteiger partial charge in [-0.25, -0.2) is 0 Å². The summed E-state index contributed by atoms with van der Waals surface area (Å²) in [5.41, 5.74) is 7.79. The Bertz CT molecular complexity index is 626. The minimum Gasteiger partial charge on any atom is -0.347 e. The normalized spacial score (nSPS) is 12.1. The van der Waals surface area contributed by atoms with Crippen molar-refractivity contribution in [2.75, 3.05) is 6.54 Å². The highest BCUT2D eigenvalue weighted by Crippen LogP contribution is 2.29. The fraction of sp³-hybridized carbons (Fsp3) is 0.438. The van der Waals surface area contributed by atoms with Crippen LogP contribution in [0.15, 0.2) is 24.3 Å². The number of nitrogens with two attached hydrogens (primary N) is 1. The first-order valence-corrected chi connectivity index (χ1v) is 8.29. The summed E-state index contributed by atoms with van der Waals surface area (Å²) in [6.45, 7) is 4.24. The predicted molar refractivity (Wildman–Crippen MR) is 89.5 cm³/mol. The molecule has 0 radical (unpaired) electrons. The van der Waals surface area contributed by atoms with Gasteiger partial charge in [0, 0.05) is 12.5 Å². The smallest absolute Gasteiger partial charge is 0.217 e. The molecule has 2 rings (SSSR count). The number of nitrogens with zero attached hydrogens (tertiary/aromatic N) is 2. The molecule has 0 saturated carbocycles. The van der Waals surface area contributed by atoms with Gasteiger partial charge in [-0.15, -0.1) is 10.2 Å². The monoisotopic (exact) mass is 318 g/mol. The van der Waals surface area contributed by atoms with E-state index in [0.29, 0.717) is 6.54 Å². The zero-order valence-electron chi connectivity index (χ0n) is 13.0. The third kappa shape index (κ3) is 4.61. The first kappa shape index (κ1) is 16.6. The average Bonchev–Trinajstić information content (AvgIpc) is 2.96. The number of aromatic nitrogens is 2. The maximum Gasteiger partial charge on any atom is 0.217 e. The number of benzene rings is 1. The standard InChI is InChI=1S/C16H22N4OS/c1-11-6-5-7-13(10-11)15-19-20-16(22-15)14(18-12(2)21)8-3-4-9-17/h5-7,10,14H,3-4,8-9,17H2,1-2H3,(H,18,21)/t14-/m0/s1. The van der Waals surface area contributed by atoms with Gasteiger partial charge in [-0.3, -0.25) is 4.79 Å². The number of carbonyl (C=O) groups excluding carboxylic acids is 1. The van der Waals surface area contributed by atoms with E-state index in [9.17, 15) is 4.79 Å². The number of amides is 1. The number of hydrogen-bond acceptors (Lipinski definition) is 5. The SMILES string of the molecule is CC(=O)N[C@@H](CCCCN)c1nnc(-c2cccc(C)c2)s1. The molecule has 6 heteroatoms. The fourth-order valence-corrected chi connectivity index (χ4v) is 3.19. The van der Waals surface area contributed by atoms with Crippen molar-refractivity contribution in [1.29, 1.82) is 0 Å². The van der Waals surface area contributed by atoms with E-state index in [1.807, 2.05) is 12.1 Å². The number of unbranched alkanes of at least 4 members (excludes halogenated alkanes) is 1. The summed E-state index contributed by atoms with van der Waals surface area (Å²) in [6, 6.07) is 8.10. The number of hydrogen-bond donors (Lipinski definition) is 2. The molecule has 5 nitrogen and oxygen atoms in total. The molecule has 2 aromatic rings. The molecule has 0 bridgehead atoms. The van der Waals surface area contributed by atoms with Crippen LogP contribution < -0.4 is 11.1 Å². The second kappa shape index (κ2) is 8.00. The van der Waals surface area contributed by atoms with Gasteiger partial charge < -0.3 is 11.1 Å². The highest BCUT2D eigenvalue weighted by atomic mass is 32.1. The Hall–Kier alpha value is -1.79. The van der Waals surface area contributed by atoms with E-state index in [0.717, 1.165) is 34.8 Å². The molecular formula is C16H22N4OS. The van der Waals surface area contributed by atoms with Crippen molar-refractivity contribution < 1.29 is 4.79 Å². The summed E-state index contributed by atoms with van der Waals surface area (Å²) < 4.78 is 0. The summed E-state index contributed by atoms with van der Waals surface area (Å²) in [7, 11) is 0. The van der Waals surface area contributed by atoms with Crippen LogP contribution in [0.1, 0.15) is 42.8 Å². The Morgan fingerprint density at radius 2 is 2.18 bits per heavy atom. The van der Waals surface area contributed by atoms with Gasteiger partial charge >= 0.3 is 0 Å². The topological polar surface area (TPSA) is 80.9 Å². The van der Waals surface area contributed by atoms with E-state index in [2.05, 4.69) is 34.6 Å². The van der Waals surface area contributed by atoms with Crippen molar-refractivity contribution in [3.8, 4) is 10.6 Å². The first-order valence-electron chi connectivity index (χ1n) is 7.47. The van der Waals surface area contributed by atoms with Crippen molar-refractivity contribution in [2.24, 2.45) is 5.73 Å². The molecule has 0 fully saturated rings. The second-order valence-electron chi connectivity index (χ2n) is 5.35. The van der Waals surface area contributed by atoms with E-state index < -0.39 is 0 Å². The molecule has 0 aliphatic carbocycles. The van der Waals surface area contributed by atoms with Gasteiger partial charge in [-0.2, -0.15) is 0 Å². The number of nitrogens with one attached hydrogen (secondary N) is 1. The Kier molecular flexibility index (Phi) is 6.03. The molecule has 22 heavy (non-hydrogen) atoms. The van der Waals surface area contributed by atoms with Gasteiger partial charge in [0.25, 0.3) is 0 Å². The molecule has 0 aliphatic rings. The highest BCUT2D eigenvalue weighted by Gasteiger charge is 2.18. The third-order valence-corrected chi connectivity index (χ3v) is 4.41. The molecule has 118 valence electrons. The molecule has 3 N–H and O–H groups in total. The lowest BCUT2D eigenvalue weighted by Gasteiger charge is -2.14. The Balaban J connectivity index is 2.16. The van der Waals surface area contributed by atoms with Crippen LogP contribution in [-0.4, -0.2) is 22.6 Å². The quantitative estimate of drug-likeness (QED) is 0.769. The summed E-state index contributed by atoms with van der Waals surface area (Å²) in [4.78, 5) is 11.4. The van der Waals surface area contributed by atoms with Crippen LogP contribution >= 0.6 is 11.3 Å². The number of aryl methyl sites for hydroxylation is 1. The van der Waals surface area contributed by atoms with Crippen LogP contribution in [0.5, 0.6) is 0 Å². The second-order valence-corrected chi connectivity index (χ2v) is 6.36. The van der Waals surface area contributed by atoms with Gasteiger partial charge in [0.1, 0.15) is 10.0 Å². The Morgan fingerprint density at radius 3 is 2.86 bits per heavy atom. The zero-order chi connectivity index (χ0) is 15.9. The van der Waals surface area contributed by atoms with Gasteiger partial charge in [0.15, 0.2) is 0 Å². The Morgan fingerprint density at radius 1 is 1.36 bits per heavy atom. The molecular weight excluding hydrogens is 296 g/mol. The molecule has 1 aromatic heterocycles. The molecule has 0 unspecified atom stereocenters. The lowest BCUT2D eigenvalue weighted by atomic mass is 10.1. The predicted octanol–water partition coefficient (Wildman–Crippen LogP) is 2.82. The fourth-order valence-electron chi connectivity index (χ4n) is 2.27. The minimum absolute atomic E-state index is 0.0509. The van der Waals surface area contributed by atoms with Gasteiger partial charge in [-0.1, -0.05) is 35.1 Å². The summed E-state index contributed by atoms with van der Waals surface area (Å²) in [5.74, 6) is -0.0509. The Labute approximate surface area is 135 Å². The van der Waals surface area contributed by atoms with Crippen LogP contribution in [-0.2, 0) is 4.79 Å². The maximum atomic E-state index is 11.4. The molecule has 1 aromatic carbocycles. The highest BCUT2D eigenvalue weighted by molar-refractivity contribution is 7.14. The van der Waals surface area contributed by atoms with Crippen molar-refractivity contribution in [3.05, 3.63) is 34.8 Å². The largest absolute Gasteiger partial charge is 0.347 e. The summed E-state index contributed by atoms with van der Waals surface area (Å²) in [6.07, 6.45) is 2.74. The van der Waals surface area contributed by atoms with Crippen molar-refractivity contribution in [3.63, 3.8) is 0 Å². The first-order chi connectivity index (χ1) is 10.6. The number of rotatable bonds is 7. The van der Waals surface area contributed by atoms with Crippen molar-refractivity contribution in [1.82, 2.24) is 15.5 Å². The van der Waals surface area contributed by atoms with Gasteiger partial charge in [0.05, 0.1) is 6.04 Å². The van der Waals surface area contributed by atoms with Crippen LogP contribution in [0.4, 0.5) is 0 Å². The zero-order valence-corrected chi connectivity index (χ0v) is 13.8. The third-order valence-electron chi connectivity index (χ3n) is 3.33. The lowest BCUT2D eigenvalue weighted by molar-refractivity contribution is -0.119. The average molecular weight is 318 g/mol. The molecule has 1 atom stereocenters. The molecule has 1 amide bonds. The molecule has 0 aliphatic heterocycles. The van der Waals surface area contributed by atoms with E-state index in [-0.39, 0.29) is 11.9 Å². The van der Waals surface area contributed by atoms with E-state index in [1.165, 1.54) is 23.8 Å².